The van der Waals surface area contributed by atoms with Gasteiger partial charge >= 0.3 is 0 Å². The maximum atomic E-state index is 12.9. The lowest BCUT2D eigenvalue weighted by atomic mass is 10.1. The van der Waals surface area contributed by atoms with E-state index in [0.717, 1.165) is 21.1 Å². The SMILES string of the molecule is Cc1ccc(-n2ccnc2S[C@@H](C)C(=O)Nc2cc(S(=O)(=O)N(C)C)ccc2C)c(C)c1. The molecule has 3 rings (SSSR count). The Morgan fingerprint density at radius 2 is 1.81 bits per heavy atom. The number of nitrogens with zero attached hydrogens (tertiary/aromatic N) is 3. The quantitative estimate of drug-likeness (QED) is 0.522. The minimum atomic E-state index is -3.59. The number of sulfonamides is 1. The van der Waals surface area contributed by atoms with Crippen molar-refractivity contribution in [3.05, 3.63) is 65.5 Å². The highest BCUT2D eigenvalue weighted by Gasteiger charge is 2.22. The highest BCUT2D eigenvalue weighted by atomic mass is 32.2. The highest BCUT2D eigenvalue weighted by Crippen LogP contribution is 2.28. The van der Waals surface area contributed by atoms with Gasteiger partial charge < -0.3 is 5.32 Å². The number of carbonyl (C=O) groups is 1. The largest absolute Gasteiger partial charge is 0.325 e. The zero-order chi connectivity index (χ0) is 23.6. The normalized spacial score (nSPS) is 12.7. The molecule has 0 fully saturated rings. The second-order valence-corrected chi connectivity index (χ2v) is 11.3. The molecule has 170 valence electrons. The summed E-state index contributed by atoms with van der Waals surface area (Å²) >= 11 is 1.35. The number of benzene rings is 2. The topological polar surface area (TPSA) is 84.3 Å². The van der Waals surface area contributed by atoms with Gasteiger partial charge in [-0.25, -0.2) is 17.7 Å². The van der Waals surface area contributed by atoms with E-state index < -0.39 is 15.3 Å². The summed E-state index contributed by atoms with van der Waals surface area (Å²) in [5, 5.41) is 3.13. The van der Waals surface area contributed by atoms with E-state index in [1.807, 2.05) is 43.7 Å². The first-order chi connectivity index (χ1) is 15.0. The lowest BCUT2D eigenvalue weighted by molar-refractivity contribution is -0.115. The van der Waals surface area contributed by atoms with Gasteiger partial charge in [0.2, 0.25) is 15.9 Å². The third kappa shape index (κ3) is 5.06. The Labute approximate surface area is 193 Å². The number of nitrogens with one attached hydrogen (secondary N) is 1. The van der Waals surface area contributed by atoms with Crippen LogP contribution in [0.2, 0.25) is 0 Å². The molecule has 1 atom stereocenters. The summed E-state index contributed by atoms with van der Waals surface area (Å²) in [7, 11) is -0.641. The molecule has 0 bridgehead atoms. The Kier molecular flexibility index (Phi) is 7.12. The molecular weight excluding hydrogens is 444 g/mol. The second-order valence-electron chi connectivity index (χ2n) is 7.88. The number of thioether (sulfide) groups is 1. The molecule has 0 aliphatic rings. The first-order valence-electron chi connectivity index (χ1n) is 10.1. The predicted molar refractivity (Wildman–Crippen MR) is 129 cm³/mol. The molecule has 0 unspecified atom stereocenters. The van der Waals surface area contributed by atoms with Crippen molar-refractivity contribution in [2.24, 2.45) is 0 Å². The fourth-order valence-corrected chi connectivity index (χ4v) is 4.99. The number of hydrogen-bond acceptors (Lipinski definition) is 5. The maximum absolute atomic E-state index is 12.9. The van der Waals surface area contributed by atoms with E-state index in [0.29, 0.717) is 10.8 Å². The van der Waals surface area contributed by atoms with Crippen molar-refractivity contribution in [2.45, 2.75) is 43.0 Å². The fraction of sp³-hybridized carbons (Fsp3) is 0.304. The minimum absolute atomic E-state index is 0.133. The molecule has 1 heterocycles. The van der Waals surface area contributed by atoms with E-state index in [4.69, 9.17) is 0 Å². The van der Waals surface area contributed by atoms with Crippen LogP contribution in [0.25, 0.3) is 5.69 Å². The van der Waals surface area contributed by atoms with Crippen LogP contribution in [0.15, 0.2) is 58.8 Å². The molecule has 0 spiro atoms. The molecule has 1 aromatic heterocycles. The van der Waals surface area contributed by atoms with Gasteiger partial charge in [-0.3, -0.25) is 9.36 Å². The summed E-state index contributed by atoms with van der Waals surface area (Å²) < 4.78 is 28.0. The summed E-state index contributed by atoms with van der Waals surface area (Å²) in [4.78, 5) is 17.5. The van der Waals surface area contributed by atoms with Crippen molar-refractivity contribution >= 4 is 33.4 Å². The fourth-order valence-electron chi connectivity index (χ4n) is 3.19. The molecule has 32 heavy (non-hydrogen) atoms. The van der Waals surface area contributed by atoms with Gasteiger partial charge in [0.25, 0.3) is 0 Å². The standard InChI is InChI=1S/C23H28N4O3S2/c1-15-7-10-21(17(3)13-15)27-12-11-24-23(27)31-18(4)22(28)25-20-14-19(9-8-16(20)2)32(29,30)26(5)6/h7-14,18H,1-6H3,(H,25,28)/t18-/m0/s1. The number of aryl methyl sites for hydroxylation is 3. The van der Waals surface area contributed by atoms with Gasteiger partial charge in [-0.2, -0.15) is 0 Å². The average Bonchev–Trinajstić information content (AvgIpc) is 3.17. The minimum Gasteiger partial charge on any atom is -0.325 e. The molecule has 1 amide bonds. The Morgan fingerprint density at radius 3 is 2.47 bits per heavy atom. The first-order valence-corrected chi connectivity index (χ1v) is 12.4. The molecule has 1 N–H and O–H groups in total. The van der Waals surface area contributed by atoms with Crippen LogP contribution >= 0.6 is 11.8 Å². The lowest BCUT2D eigenvalue weighted by Crippen LogP contribution is -2.25. The average molecular weight is 473 g/mol. The van der Waals surface area contributed by atoms with Crippen LogP contribution in [0.4, 0.5) is 5.69 Å². The summed E-state index contributed by atoms with van der Waals surface area (Å²) in [6, 6.07) is 10.9. The van der Waals surface area contributed by atoms with Crippen LogP contribution in [-0.4, -0.2) is 47.5 Å². The van der Waals surface area contributed by atoms with Gasteiger partial charge in [-0.1, -0.05) is 35.5 Å². The summed E-state index contributed by atoms with van der Waals surface area (Å²) in [6.45, 7) is 7.72. The van der Waals surface area contributed by atoms with E-state index in [2.05, 4.69) is 16.4 Å². The molecule has 0 aliphatic carbocycles. The van der Waals surface area contributed by atoms with Gasteiger partial charge in [0.1, 0.15) is 0 Å². The molecule has 7 nitrogen and oxygen atoms in total. The van der Waals surface area contributed by atoms with Crippen molar-refractivity contribution in [3.63, 3.8) is 0 Å². The lowest BCUT2D eigenvalue weighted by Gasteiger charge is -2.17. The van der Waals surface area contributed by atoms with E-state index in [-0.39, 0.29) is 10.8 Å². The maximum Gasteiger partial charge on any atom is 0.242 e. The monoisotopic (exact) mass is 472 g/mol. The zero-order valence-electron chi connectivity index (χ0n) is 19.1. The molecule has 0 radical (unpaired) electrons. The Balaban J connectivity index is 1.79. The Bertz CT molecular complexity index is 1250. The van der Waals surface area contributed by atoms with E-state index >= 15 is 0 Å². The van der Waals surface area contributed by atoms with Crippen molar-refractivity contribution in [2.75, 3.05) is 19.4 Å². The first kappa shape index (κ1) is 24.0. The van der Waals surface area contributed by atoms with Gasteiger partial charge in [-0.05, 0) is 57.0 Å². The van der Waals surface area contributed by atoms with Crippen LogP contribution in [0.3, 0.4) is 0 Å². The number of rotatable bonds is 7. The summed E-state index contributed by atoms with van der Waals surface area (Å²) in [6.07, 6.45) is 3.59. The second kappa shape index (κ2) is 9.48. The van der Waals surface area contributed by atoms with Crippen molar-refractivity contribution in [3.8, 4) is 5.69 Å². The van der Waals surface area contributed by atoms with Crippen molar-refractivity contribution < 1.29 is 13.2 Å². The number of aromatic nitrogens is 2. The van der Waals surface area contributed by atoms with E-state index in [1.54, 1.807) is 25.3 Å². The zero-order valence-corrected chi connectivity index (χ0v) is 20.7. The molecular formula is C23H28N4O3S2. The van der Waals surface area contributed by atoms with Crippen LogP contribution in [-0.2, 0) is 14.8 Å². The Morgan fingerprint density at radius 1 is 1.09 bits per heavy atom. The molecule has 3 aromatic rings. The van der Waals surface area contributed by atoms with Gasteiger partial charge in [0.15, 0.2) is 5.16 Å². The third-order valence-corrected chi connectivity index (χ3v) is 8.01. The van der Waals surface area contributed by atoms with E-state index in [1.165, 1.54) is 37.5 Å². The molecule has 9 heteroatoms. The summed E-state index contributed by atoms with van der Waals surface area (Å²) in [5.74, 6) is -0.229. The number of amides is 1. The smallest absolute Gasteiger partial charge is 0.242 e. The molecule has 0 saturated carbocycles. The number of hydrogen-bond donors (Lipinski definition) is 1. The van der Waals surface area contributed by atoms with Gasteiger partial charge in [-0.15, -0.1) is 0 Å². The van der Waals surface area contributed by atoms with Crippen LogP contribution < -0.4 is 5.32 Å². The Hall–Kier alpha value is -2.62. The van der Waals surface area contributed by atoms with Crippen LogP contribution in [0.1, 0.15) is 23.6 Å². The summed E-state index contributed by atoms with van der Waals surface area (Å²) in [5.41, 5.74) is 4.58. The molecule has 2 aromatic carbocycles. The van der Waals surface area contributed by atoms with Gasteiger partial charge in [0, 0.05) is 32.2 Å². The number of anilines is 1. The van der Waals surface area contributed by atoms with Crippen molar-refractivity contribution in [1.82, 2.24) is 13.9 Å². The third-order valence-electron chi connectivity index (χ3n) is 5.12. The van der Waals surface area contributed by atoms with Gasteiger partial charge in [0.05, 0.1) is 15.8 Å². The number of carbonyl (C=O) groups excluding carboxylic acids is 1. The highest BCUT2D eigenvalue weighted by molar-refractivity contribution is 8.00. The van der Waals surface area contributed by atoms with Crippen LogP contribution in [0, 0.1) is 20.8 Å². The van der Waals surface area contributed by atoms with Crippen molar-refractivity contribution in [1.29, 1.82) is 0 Å². The molecule has 0 aliphatic heterocycles. The molecule has 0 saturated heterocycles. The van der Waals surface area contributed by atoms with Crippen LogP contribution in [0.5, 0.6) is 0 Å². The van der Waals surface area contributed by atoms with E-state index in [9.17, 15) is 13.2 Å². The number of imidazole rings is 1. The predicted octanol–water partition coefficient (Wildman–Crippen LogP) is 4.17.